The minimum absolute atomic E-state index is 0.124. The van der Waals surface area contributed by atoms with Crippen LogP contribution in [0.15, 0.2) is 18.3 Å². The average Bonchev–Trinajstić information content (AvgIpc) is 3.13. The highest BCUT2D eigenvalue weighted by Gasteiger charge is 2.19. The Kier molecular flexibility index (Phi) is 5.07. The molecule has 7 nitrogen and oxygen atoms in total. The van der Waals surface area contributed by atoms with Crippen LogP contribution >= 0.6 is 0 Å². The summed E-state index contributed by atoms with van der Waals surface area (Å²) in [6, 6.07) is 3.70. The lowest BCUT2D eigenvalue weighted by atomic mass is 10.2. The Labute approximate surface area is 135 Å². The summed E-state index contributed by atoms with van der Waals surface area (Å²) in [4.78, 5) is 31.1. The summed E-state index contributed by atoms with van der Waals surface area (Å²) < 4.78 is 5.50. The Bertz CT molecular complexity index is 552. The number of carbonyl (C=O) groups excluding carboxylic acids is 2. The van der Waals surface area contributed by atoms with Gasteiger partial charge >= 0.3 is 0 Å². The van der Waals surface area contributed by atoms with Gasteiger partial charge in [-0.2, -0.15) is 0 Å². The summed E-state index contributed by atoms with van der Waals surface area (Å²) in [6.07, 6.45) is 4.71. The number of carbonyl (C=O) groups is 2. The first-order chi connectivity index (χ1) is 11.3. The van der Waals surface area contributed by atoms with Gasteiger partial charge < -0.3 is 19.9 Å². The molecule has 1 aromatic heterocycles. The summed E-state index contributed by atoms with van der Waals surface area (Å²) in [7, 11) is 0. The van der Waals surface area contributed by atoms with Crippen molar-refractivity contribution in [2.24, 2.45) is 0 Å². The quantitative estimate of drug-likeness (QED) is 0.789. The van der Waals surface area contributed by atoms with E-state index in [1.54, 1.807) is 17.2 Å². The second-order valence-electron chi connectivity index (χ2n) is 5.87. The van der Waals surface area contributed by atoms with Crippen LogP contribution in [-0.4, -0.2) is 67.6 Å². The lowest BCUT2D eigenvalue weighted by Gasteiger charge is -2.34. The lowest BCUT2D eigenvalue weighted by Crippen LogP contribution is -2.45. The summed E-state index contributed by atoms with van der Waals surface area (Å²) in [5, 5.41) is 2.89. The van der Waals surface area contributed by atoms with Crippen LogP contribution in [0, 0.1) is 0 Å². The molecule has 23 heavy (non-hydrogen) atoms. The molecular formula is C16H22N4O3. The van der Waals surface area contributed by atoms with E-state index in [-0.39, 0.29) is 12.0 Å². The van der Waals surface area contributed by atoms with Crippen molar-refractivity contribution in [2.75, 3.05) is 44.2 Å². The summed E-state index contributed by atoms with van der Waals surface area (Å²) >= 11 is 0. The minimum atomic E-state index is -0.172. The van der Waals surface area contributed by atoms with Crippen molar-refractivity contribution in [3.63, 3.8) is 0 Å². The van der Waals surface area contributed by atoms with Gasteiger partial charge in [-0.15, -0.1) is 0 Å². The number of hydrogen-bond acceptors (Lipinski definition) is 5. The largest absolute Gasteiger partial charge is 0.376 e. The number of hydrogen-bond donors (Lipinski definition) is 1. The number of pyridine rings is 1. The highest BCUT2D eigenvalue weighted by atomic mass is 16.5. The molecule has 2 amide bonds. The Morgan fingerprint density at radius 1 is 1.39 bits per heavy atom. The second-order valence-corrected chi connectivity index (χ2v) is 5.87. The molecule has 0 aliphatic carbocycles. The molecule has 2 saturated heterocycles. The van der Waals surface area contributed by atoms with E-state index in [1.165, 1.54) is 0 Å². The normalized spacial score (nSPS) is 21.3. The Balaban J connectivity index is 1.58. The van der Waals surface area contributed by atoms with Crippen molar-refractivity contribution in [1.29, 1.82) is 0 Å². The smallest absolute Gasteiger partial charge is 0.270 e. The maximum Gasteiger partial charge on any atom is 0.270 e. The number of rotatable bonds is 5. The molecule has 2 aliphatic rings. The standard InChI is InChI=1S/C16H22N4O3/c21-12-19-5-7-20(8-6-19)13-3-4-17-15(10-13)16(22)18-11-14-2-1-9-23-14/h3-4,10,12,14H,1-2,5-9,11H2,(H,18,22). The fourth-order valence-electron chi connectivity index (χ4n) is 2.93. The zero-order valence-electron chi connectivity index (χ0n) is 13.1. The first-order valence-corrected chi connectivity index (χ1v) is 8.06. The first kappa shape index (κ1) is 15.7. The maximum atomic E-state index is 12.2. The van der Waals surface area contributed by atoms with Crippen molar-refractivity contribution in [3.8, 4) is 0 Å². The van der Waals surface area contributed by atoms with Crippen molar-refractivity contribution < 1.29 is 14.3 Å². The third-order valence-electron chi connectivity index (χ3n) is 4.32. The van der Waals surface area contributed by atoms with E-state index in [2.05, 4.69) is 15.2 Å². The molecule has 124 valence electrons. The lowest BCUT2D eigenvalue weighted by molar-refractivity contribution is -0.118. The molecule has 1 N–H and O–H groups in total. The van der Waals surface area contributed by atoms with Gasteiger partial charge in [0.1, 0.15) is 5.69 Å². The predicted molar refractivity (Wildman–Crippen MR) is 85.4 cm³/mol. The third-order valence-corrected chi connectivity index (χ3v) is 4.32. The van der Waals surface area contributed by atoms with Crippen molar-refractivity contribution in [3.05, 3.63) is 24.0 Å². The van der Waals surface area contributed by atoms with E-state index in [0.29, 0.717) is 25.3 Å². The van der Waals surface area contributed by atoms with Gasteiger partial charge in [0.2, 0.25) is 6.41 Å². The Morgan fingerprint density at radius 2 is 2.22 bits per heavy atom. The number of ether oxygens (including phenoxy) is 1. The van der Waals surface area contributed by atoms with Gasteiger partial charge in [0, 0.05) is 51.2 Å². The molecule has 0 aromatic carbocycles. The van der Waals surface area contributed by atoms with Gasteiger partial charge in [-0.3, -0.25) is 14.6 Å². The molecule has 3 heterocycles. The van der Waals surface area contributed by atoms with Crippen LogP contribution in [0.1, 0.15) is 23.3 Å². The van der Waals surface area contributed by atoms with E-state index in [4.69, 9.17) is 4.74 Å². The maximum absolute atomic E-state index is 12.2. The van der Waals surface area contributed by atoms with E-state index >= 15 is 0 Å². The average molecular weight is 318 g/mol. The number of piperazine rings is 1. The predicted octanol–water partition coefficient (Wildman–Crippen LogP) is 0.269. The number of anilines is 1. The van der Waals surface area contributed by atoms with Gasteiger partial charge in [-0.25, -0.2) is 0 Å². The molecule has 1 unspecified atom stereocenters. The third kappa shape index (κ3) is 3.98. The number of amides is 2. The van der Waals surface area contributed by atoms with Crippen LogP contribution in [0.3, 0.4) is 0 Å². The highest BCUT2D eigenvalue weighted by Crippen LogP contribution is 2.17. The second kappa shape index (κ2) is 7.41. The van der Waals surface area contributed by atoms with Gasteiger partial charge in [0.25, 0.3) is 5.91 Å². The molecule has 2 aliphatic heterocycles. The molecule has 7 heteroatoms. The topological polar surface area (TPSA) is 74.8 Å². The molecule has 3 rings (SSSR count). The number of nitrogens with one attached hydrogen (secondary N) is 1. The van der Waals surface area contributed by atoms with Gasteiger partial charge in [-0.1, -0.05) is 0 Å². The molecule has 0 bridgehead atoms. The molecule has 1 atom stereocenters. The molecule has 0 saturated carbocycles. The van der Waals surface area contributed by atoms with Crippen LogP contribution in [0.2, 0.25) is 0 Å². The van der Waals surface area contributed by atoms with Gasteiger partial charge in [0.15, 0.2) is 0 Å². The SMILES string of the molecule is O=CN1CCN(c2ccnc(C(=O)NCC3CCCO3)c2)CC1. The van der Waals surface area contributed by atoms with Gasteiger partial charge in [-0.05, 0) is 25.0 Å². The fraction of sp³-hybridized carbons (Fsp3) is 0.562. The highest BCUT2D eigenvalue weighted by molar-refractivity contribution is 5.93. The monoisotopic (exact) mass is 318 g/mol. The van der Waals surface area contributed by atoms with Crippen molar-refractivity contribution in [2.45, 2.75) is 18.9 Å². The zero-order chi connectivity index (χ0) is 16.1. The minimum Gasteiger partial charge on any atom is -0.376 e. The van der Waals surface area contributed by atoms with Crippen LogP contribution in [0.5, 0.6) is 0 Å². The van der Waals surface area contributed by atoms with Crippen LogP contribution < -0.4 is 10.2 Å². The van der Waals surface area contributed by atoms with Crippen LogP contribution in [-0.2, 0) is 9.53 Å². The number of aromatic nitrogens is 1. The van der Waals surface area contributed by atoms with Crippen LogP contribution in [0.4, 0.5) is 5.69 Å². The van der Waals surface area contributed by atoms with E-state index < -0.39 is 0 Å². The van der Waals surface area contributed by atoms with E-state index in [0.717, 1.165) is 44.6 Å². The zero-order valence-corrected chi connectivity index (χ0v) is 13.1. The van der Waals surface area contributed by atoms with E-state index in [9.17, 15) is 9.59 Å². The molecule has 1 aromatic rings. The molecule has 0 spiro atoms. The van der Waals surface area contributed by atoms with Crippen molar-refractivity contribution in [1.82, 2.24) is 15.2 Å². The van der Waals surface area contributed by atoms with Crippen molar-refractivity contribution >= 4 is 18.0 Å². The summed E-state index contributed by atoms with van der Waals surface area (Å²) in [5.74, 6) is -0.172. The van der Waals surface area contributed by atoms with E-state index in [1.807, 2.05) is 6.07 Å². The van der Waals surface area contributed by atoms with Gasteiger partial charge in [0.05, 0.1) is 6.10 Å². The fourth-order valence-corrected chi connectivity index (χ4v) is 2.93. The summed E-state index contributed by atoms with van der Waals surface area (Å²) in [6.45, 7) is 4.24. The summed E-state index contributed by atoms with van der Waals surface area (Å²) in [5.41, 5.74) is 1.38. The van der Waals surface area contributed by atoms with Crippen LogP contribution in [0.25, 0.3) is 0 Å². The first-order valence-electron chi connectivity index (χ1n) is 8.06. The molecule has 2 fully saturated rings. The molecule has 0 radical (unpaired) electrons. The Morgan fingerprint density at radius 3 is 2.91 bits per heavy atom. The molecular weight excluding hydrogens is 296 g/mol. The Hall–Kier alpha value is -2.15. The number of nitrogens with zero attached hydrogens (tertiary/aromatic N) is 3.